The number of hydrogen-bond donors (Lipinski definition) is 5. The largest absolute Gasteiger partial charge is 0.494 e. The van der Waals surface area contributed by atoms with E-state index in [2.05, 4.69) is 45.9 Å². The number of piperazine rings is 1. The molecule has 2 aliphatic rings. The number of β-amino-alcohol motifs (C(OH)–C–C–N with tert-alkyl or cyclic N) is 1. The Morgan fingerprint density at radius 3 is 2.38 bits per heavy atom. The minimum Gasteiger partial charge on any atom is -0.494 e. The van der Waals surface area contributed by atoms with Gasteiger partial charge in [-0.25, -0.2) is 9.97 Å². The molecule has 5 aromatic rings. The number of benzene rings is 2. The maximum Gasteiger partial charge on any atom is 0.274 e. The number of aliphatic hydroxyl groups excluding tert-OH is 1. The zero-order valence-electron chi connectivity index (χ0n) is 37.4. The number of methoxy groups -OCH3 is 1. The van der Waals surface area contributed by atoms with Gasteiger partial charge in [0.1, 0.15) is 29.2 Å². The molecule has 0 saturated carbocycles. The first-order chi connectivity index (χ1) is 30.6. The summed E-state index contributed by atoms with van der Waals surface area (Å²) in [6.07, 6.45) is 1.11. The van der Waals surface area contributed by atoms with Crippen molar-refractivity contribution in [3.05, 3.63) is 95.4 Å². The van der Waals surface area contributed by atoms with Crippen molar-refractivity contribution in [2.24, 2.45) is 5.41 Å². The molecule has 17 heteroatoms. The summed E-state index contributed by atoms with van der Waals surface area (Å²) in [6, 6.07) is 18.4. The molecule has 0 unspecified atom stereocenters. The molecule has 7 rings (SSSR count). The highest BCUT2D eigenvalue weighted by molar-refractivity contribution is 7.13. The Balaban J connectivity index is 0.915. The summed E-state index contributed by atoms with van der Waals surface area (Å²) in [6.45, 7) is 14.3. The fourth-order valence-electron chi connectivity index (χ4n) is 8.33. The lowest BCUT2D eigenvalue weighted by molar-refractivity contribution is -0.144. The third kappa shape index (κ3) is 10.6. The lowest BCUT2D eigenvalue weighted by atomic mass is 9.85. The number of anilines is 2. The SMILES string of the molecule is COc1cc(N2CCN([C@H](C)CC(=O)N[C@H](C(=O)N3C[C@H](O)C[C@H]3C(=O)N[C@@H](C)c3ccc(-c4scnc4C)cc3)C(C)(C)C)CC2)ccc1NC(=O)c1cccc(-c2cc[nH]n2)n1. The third-order valence-corrected chi connectivity index (χ3v) is 13.0. The number of H-pyrrole nitrogens is 1. The minimum atomic E-state index is -0.921. The zero-order chi connectivity index (χ0) is 45.7. The van der Waals surface area contributed by atoms with Crippen molar-refractivity contribution in [2.45, 2.75) is 84.7 Å². The molecule has 0 spiro atoms. The van der Waals surface area contributed by atoms with E-state index in [9.17, 15) is 24.3 Å². The number of aryl methyl sites for hydroxylation is 1. The molecule has 16 nitrogen and oxygen atoms in total. The number of carbonyl (C=O) groups is 4. The monoisotopic (exact) mass is 890 g/mol. The molecular weight excluding hydrogens is 833 g/mol. The van der Waals surface area contributed by atoms with Crippen LogP contribution in [0.5, 0.6) is 5.75 Å². The Kier molecular flexibility index (Phi) is 14.1. The molecule has 2 aromatic carbocycles. The number of thiazole rings is 1. The van der Waals surface area contributed by atoms with Gasteiger partial charge >= 0.3 is 0 Å². The number of carbonyl (C=O) groups excluding carboxylic acids is 4. The van der Waals surface area contributed by atoms with Gasteiger partial charge in [0.05, 0.1) is 46.7 Å². The van der Waals surface area contributed by atoms with Crippen molar-refractivity contribution in [1.82, 2.24) is 40.6 Å². The molecule has 2 fully saturated rings. The van der Waals surface area contributed by atoms with Gasteiger partial charge in [0.2, 0.25) is 17.7 Å². The van der Waals surface area contributed by atoms with E-state index in [4.69, 9.17) is 4.74 Å². The summed E-state index contributed by atoms with van der Waals surface area (Å²) in [5.74, 6) is -0.873. The number of ether oxygens (including phenoxy) is 1. The smallest absolute Gasteiger partial charge is 0.274 e. The number of aromatic nitrogens is 4. The van der Waals surface area contributed by atoms with Gasteiger partial charge in [0, 0.05) is 69.6 Å². The van der Waals surface area contributed by atoms with Crippen LogP contribution in [0.3, 0.4) is 0 Å². The van der Waals surface area contributed by atoms with Crippen LogP contribution < -0.4 is 25.6 Å². The normalized spacial score (nSPS) is 18.2. The lowest BCUT2D eigenvalue weighted by Gasteiger charge is -2.39. The second kappa shape index (κ2) is 19.7. The van der Waals surface area contributed by atoms with Crippen LogP contribution in [0.1, 0.15) is 75.2 Å². The first-order valence-corrected chi connectivity index (χ1v) is 22.5. The number of likely N-dealkylation sites (tertiary alicyclic amines) is 1. The predicted octanol–water partition coefficient (Wildman–Crippen LogP) is 5.44. The standard InChI is InChI=1S/C47H58N10O6S/c1-28(55-19-21-56(22-20-55)33-15-16-37(40(24-33)63-7)52-44(60)38-10-8-9-35(51-38)36-17-18-49-54-36)23-41(59)53-43(47(4,5)6)46(62)57-26-34(58)25-39(57)45(61)50-29(2)31-11-13-32(14-12-31)42-30(3)48-27-64-42/h8-18,24,27-29,34,39,43,58H,19-23,25-26H2,1-7H3,(H,49,54)(H,50,61)(H,52,60)(H,53,59)/t28-,29+,34-,39+,43-/m1/s1. The van der Waals surface area contributed by atoms with E-state index in [-0.39, 0.29) is 54.9 Å². The van der Waals surface area contributed by atoms with Gasteiger partial charge in [0.15, 0.2) is 0 Å². The van der Waals surface area contributed by atoms with Crippen molar-refractivity contribution < 1.29 is 29.0 Å². The Labute approximate surface area is 377 Å². The van der Waals surface area contributed by atoms with Crippen LogP contribution in [0.2, 0.25) is 0 Å². The maximum atomic E-state index is 14.3. The number of nitrogens with zero attached hydrogens (tertiary/aromatic N) is 6. The summed E-state index contributed by atoms with van der Waals surface area (Å²) in [7, 11) is 1.56. The first-order valence-electron chi connectivity index (χ1n) is 21.6. The van der Waals surface area contributed by atoms with E-state index >= 15 is 0 Å². The van der Waals surface area contributed by atoms with Crippen molar-refractivity contribution in [3.8, 4) is 27.6 Å². The van der Waals surface area contributed by atoms with Crippen LogP contribution in [0, 0.1) is 12.3 Å². The van der Waals surface area contributed by atoms with Gasteiger partial charge in [-0.05, 0) is 67.6 Å². The molecule has 2 saturated heterocycles. The highest BCUT2D eigenvalue weighted by Gasteiger charge is 2.45. The Morgan fingerprint density at radius 2 is 1.72 bits per heavy atom. The second-order valence-electron chi connectivity index (χ2n) is 17.7. The van der Waals surface area contributed by atoms with Gasteiger partial charge in [-0.15, -0.1) is 11.3 Å². The molecule has 4 amide bonds. The molecule has 5 atom stereocenters. The fraction of sp³-hybridized carbons (Fsp3) is 0.426. The van der Waals surface area contributed by atoms with Gasteiger partial charge in [0.25, 0.3) is 5.91 Å². The van der Waals surface area contributed by atoms with Gasteiger partial charge < -0.3 is 35.6 Å². The predicted molar refractivity (Wildman–Crippen MR) is 247 cm³/mol. The lowest BCUT2D eigenvalue weighted by Crippen LogP contribution is -2.58. The Bertz CT molecular complexity index is 2430. The molecule has 64 heavy (non-hydrogen) atoms. The molecule has 0 aliphatic carbocycles. The molecule has 2 aliphatic heterocycles. The van der Waals surface area contributed by atoms with Crippen molar-refractivity contribution >= 4 is 46.3 Å². The van der Waals surface area contributed by atoms with Crippen LogP contribution in [-0.4, -0.2) is 123 Å². The minimum absolute atomic E-state index is 0.000285. The fourth-order valence-corrected chi connectivity index (χ4v) is 9.14. The Morgan fingerprint density at radius 1 is 0.969 bits per heavy atom. The van der Waals surface area contributed by atoms with E-state index in [1.54, 1.807) is 48.9 Å². The summed E-state index contributed by atoms with van der Waals surface area (Å²) >= 11 is 1.58. The summed E-state index contributed by atoms with van der Waals surface area (Å²) in [5.41, 5.74) is 7.00. The van der Waals surface area contributed by atoms with E-state index in [1.165, 1.54) is 4.90 Å². The van der Waals surface area contributed by atoms with Crippen LogP contribution in [0.15, 0.2) is 78.4 Å². The third-order valence-electron chi connectivity index (χ3n) is 12.0. The van der Waals surface area contributed by atoms with Gasteiger partial charge in [-0.2, -0.15) is 5.10 Å². The van der Waals surface area contributed by atoms with E-state index < -0.39 is 29.5 Å². The number of hydrogen-bond acceptors (Lipinski definition) is 12. The average molecular weight is 891 g/mol. The van der Waals surface area contributed by atoms with E-state index in [0.717, 1.165) is 27.4 Å². The van der Waals surface area contributed by atoms with E-state index in [0.29, 0.717) is 49.0 Å². The molecule has 338 valence electrons. The number of pyridine rings is 1. The van der Waals surface area contributed by atoms with Crippen molar-refractivity contribution in [3.63, 3.8) is 0 Å². The van der Waals surface area contributed by atoms with Crippen LogP contribution in [0.4, 0.5) is 11.4 Å². The second-order valence-corrected chi connectivity index (χ2v) is 18.5. The number of amides is 4. The first kappa shape index (κ1) is 45.8. The number of aromatic amines is 1. The molecule has 5 heterocycles. The molecule has 5 N–H and O–H groups in total. The van der Waals surface area contributed by atoms with Crippen LogP contribution in [-0.2, 0) is 14.4 Å². The number of rotatable bonds is 14. The number of nitrogens with one attached hydrogen (secondary N) is 4. The van der Waals surface area contributed by atoms with Crippen molar-refractivity contribution in [1.29, 1.82) is 0 Å². The highest BCUT2D eigenvalue weighted by atomic mass is 32.1. The topological polar surface area (TPSA) is 198 Å². The molecule has 3 aromatic heterocycles. The van der Waals surface area contributed by atoms with Crippen molar-refractivity contribution in [2.75, 3.05) is 50.1 Å². The van der Waals surface area contributed by atoms with Crippen LogP contribution >= 0.6 is 11.3 Å². The van der Waals surface area contributed by atoms with Gasteiger partial charge in [-0.1, -0.05) is 51.1 Å². The average Bonchev–Trinajstić information content (AvgIpc) is 4.07. The number of aliphatic hydroxyl groups is 1. The summed E-state index contributed by atoms with van der Waals surface area (Å²) < 4.78 is 5.68. The quantitative estimate of drug-likeness (QED) is 0.0953. The molecular formula is C47H58N10O6S. The zero-order valence-corrected chi connectivity index (χ0v) is 38.2. The van der Waals surface area contributed by atoms with Gasteiger partial charge in [-0.3, -0.25) is 29.2 Å². The van der Waals surface area contributed by atoms with Crippen LogP contribution in [0.25, 0.3) is 21.8 Å². The summed E-state index contributed by atoms with van der Waals surface area (Å²) in [4.78, 5) is 70.7. The molecule has 0 bridgehead atoms. The Hall–Kier alpha value is -6.17. The molecule has 0 radical (unpaired) electrons. The highest BCUT2D eigenvalue weighted by Crippen LogP contribution is 2.32. The summed E-state index contributed by atoms with van der Waals surface area (Å²) in [5, 5.41) is 26.6. The van der Waals surface area contributed by atoms with E-state index in [1.807, 2.05) is 89.5 Å². The maximum absolute atomic E-state index is 14.3.